The molecule has 0 aliphatic heterocycles. The zero-order valence-corrected chi connectivity index (χ0v) is 9.12. The molecule has 0 amide bonds. The molecule has 2 aromatic heterocycles. The van der Waals surface area contributed by atoms with E-state index >= 15 is 0 Å². The minimum atomic E-state index is -1.05. The molecule has 0 saturated heterocycles. The summed E-state index contributed by atoms with van der Waals surface area (Å²) in [5.74, 6) is -1.27. The van der Waals surface area contributed by atoms with Crippen LogP contribution >= 0.6 is 0 Å². The first-order valence-corrected chi connectivity index (χ1v) is 4.94. The molecule has 5 nitrogen and oxygen atoms in total. The largest absolute Gasteiger partial charge is 0.477 e. The first-order chi connectivity index (χ1) is 8.09. The zero-order valence-electron chi connectivity index (χ0n) is 9.12. The molecule has 0 aliphatic rings. The molecule has 2 heterocycles. The molecule has 0 atom stereocenters. The van der Waals surface area contributed by atoms with Crippen LogP contribution in [0.4, 0.5) is 0 Å². The van der Waals surface area contributed by atoms with Crippen molar-refractivity contribution in [3.05, 3.63) is 53.6 Å². The Morgan fingerprint density at radius 1 is 1.24 bits per heavy atom. The highest BCUT2D eigenvalue weighted by Crippen LogP contribution is 2.12. The minimum Gasteiger partial charge on any atom is -0.477 e. The molecule has 0 fully saturated rings. The summed E-state index contributed by atoms with van der Waals surface area (Å²) in [6.45, 7) is 0. The summed E-state index contributed by atoms with van der Waals surface area (Å²) in [4.78, 5) is 26.7. The zero-order chi connectivity index (χ0) is 12.4. The number of carboxylic acids is 1. The van der Waals surface area contributed by atoms with Crippen molar-refractivity contribution in [2.75, 3.05) is 0 Å². The molecule has 0 bridgehead atoms. The molecule has 5 heteroatoms. The van der Waals surface area contributed by atoms with Gasteiger partial charge in [-0.2, -0.15) is 0 Å². The van der Waals surface area contributed by atoms with Crippen LogP contribution in [0.15, 0.2) is 36.8 Å². The smallest absolute Gasteiger partial charge is 0.352 e. The Hall–Kier alpha value is -2.43. The van der Waals surface area contributed by atoms with Crippen molar-refractivity contribution in [2.24, 2.45) is 7.05 Å². The average Bonchev–Trinajstić information content (AvgIpc) is 2.71. The second kappa shape index (κ2) is 4.21. The monoisotopic (exact) mass is 230 g/mol. The first kappa shape index (κ1) is 11.1. The number of aryl methyl sites for hydroxylation is 1. The summed E-state index contributed by atoms with van der Waals surface area (Å²) in [7, 11) is 1.59. The third-order valence-corrected chi connectivity index (χ3v) is 2.43. The first-order valence-electron chi connectivity index (χ1n) is 4.94. The van der Waals surface area contributed by atoms with Crippen LogP contribution in [0.3, 0.4) is 0 Å². The third kappa shape index (κ3) is 2.08. The standard InChI is InChI=1S/C12H10N2O3/c1-14-7-9(6-10(14)12(16)17)11(15)8-2-4-13-5-3-8/h2-7H,1H3,(H,16,17). The fourth-order valence-corrected chi connectivity index (χ4v) is 1.57. The van der Waals surface area contributed by atoms with Gasteiger partial charge in [-0.25, -0.2) is 4.79 Å². The van der Waals surface area contributed by atoms with Gasteiger partial charge in [-0.05, 0) is 18.2 Å². The summed E-state index contributed by atoms with van der Waals surface area (Å²) < 4.78 is 1.41. The number of carbonyl (C=O) groups is 2. The maximum absolute atomic E-state index is 12.0. The second-order valence-corrected chi connectivity index (χ2v) is 3.60. The van der Waals surface area contributed by atoms with Crippen molar-refractivity contribution < 1.29 is 14.7 Å². The van der Waals surface area contributed by atoms with Gasteiger partial charge in [0.05, 0.1) is 0 Å². The van der Waals surface area contributed by atoms with Gasteiger partial charge in [0.25, 0.3) is 0 Å². The SMILES string of the molecule is Cn1cc(C(=O)c2ccncc2)cc1C(=O)O. The molecular formula is C12H10N2O3. The van der Waals surface area contributed by atoms with E-state index < -0.39 is 5.97 Å². The molecule has 0 spiro atoms. The Balaban J connectivity index is 2.39. The van der Waals surface area contributed by atoms with Crippen molar-refractivity contribution in [3.8, 4) is 0 Å². The lowest BCUT2D eigenvalue weighted by molar-refractivity contribution is 0.0686. The minimum absolute atomic E-state index is 0.0856. The molecule has 2 rings (SSSR count). The predicted octanol–water partition coefficient (Wildman–Crippen LogP) is 1.35. The van der Waals surface area contributed by atoms with E-state index in [1.165, 1.54) is 29.2 Å². The molecule has 86 valence electrons. The van der Waals surface area contributed by atoms with Crippen molar-refractivity contribution in [1.82, 2.24) is 9.55 Å². The molecular weight excluding hydrogens is 220 g/mol. The van der Waals surface area contributed by atoms with Crippen LogP contribution in [0.2, 0.25) is 0 Å². The van der Waals surface area contributed by atoms with Gasteiger partial charge in [0.1, 0.15) is 5.69 Å². The van der Waals surface area contributed by atoms with Gasteiger partial charge in [0.2, 0.25) is 0 Å². The van der Waals surface area contributed by atoms with Crippen LogP contribution in [0.5, 0.6) is 0 Å². The summed E-state index contributed by atoms with van der Waals surface area (Å²) >= 11 is 0. The Morgan fingerprint density at radius 2 is 1.88 bits per heavy atom. The number of aromatic nitrogens is 2. The second-order valence-electron chi connectivity index (χ2n) is 3.60. The predicted molar refractivity (Wildman–Crippen MR) is 60.0 cm³/mol. The highest BCUT2D eigenvalue weighted by atomic mass is 16.4. The van der Waals surface area contributed by atoms with E-state index in [1.54, 1.807) is 19.2 Å². The number of nitrogens with zero attached hydrogens (tertiary/aromatic N) is 2. The van der Waals surface area contributed by atoms with Crippen LogP contribution in [-0.2, 0) is 7.05 Å². The van der Waals surface area contributed by atoms with Gasteiger partial charge < -0.3 is 9.67 Å². The van der Waals surface area contributed by atoms with Gasteiger partial charge in [0.15, 0.2) is 5.78 Å². The van der Waals surface area contributed by atoms with Crippen LogP contribution in [0, 0.1) is 0 Å². The number of hydrogen-bond acceptors (Lipinski definition) is 3. The lowest BCUT2D eigenvalue weighted by Gasteiger charge is -1.96. The van der Waals surface area contributed by atoms with E-state index in [4.69, 9.17) is 5.11 Å². The van der Waals surface area contributed by atoms with Crippen LogP contribution in [-0.4, -0.2) is 26.4 Å². The van der Waals surface area contributed by atoms with Crippen molar-refractivity contribution >= 4 is 11.8 Å². The lowest BCUT2D eigenvalue weighted by Crippen LogP contribution is -2.02. The van der Waals surface area contributed by atoms with E-state index in [9.17, 15) is 9.59 Å². The van der Waals surface area contributed by atoms with Gasteiger partial charge in [-0.1, -0.05) is 0 Å². The maximum Gasteiger partial charge on any atom is 0.352 e. The fraction of sp³-hybridized carbons (Fsp3) is 0.0833. The van der Waals surface area contributed by atoms with Crippen molar-refractivity contribution in [1.29, 1.82) is 0 Å². The summed E-state index contributed by atoms with van der Waals surface area (Å²) in [6, 6.07) is 4.55. The number of carbonyl (C=O) groups excluding carboxylic acids is 1. The normalized spacial score (nSPS) is 10.2. The molecule has 17 heavy (non-hydrogen) atoms. The van der Waals surface area contributed by atoms with E-state index in [0.717, 1.165) is 0 Å². The fourth-order valence-electron chi connectivity index (χ4n) is 1.57. The Labute approximate surface area is 97.3 Å². The lowest BCUT2D eigenvalue weighted by atomic mass is 10.1. The summed E-state index contributed by atoms with van der Waals surface area (Å²) in [5.41, 5.74) is 0.932. The molecule has 0 saturated carbocycles. The number of aromatic carboxylic acids is 1. The highest BCUT2D eigenvalue weighted by Gasteiger charge is 2.15. The third-order valence-electron chi connectivity index (χ3n) is 2.43. The Kier molecular flexibility index (Phi) is 2.74. The molecule has 0 radical (unpaired) electrons. The van der Waals surface area contributed by atoms with E-state index in [2.05, 4.69) is 4.98 Å². The van der Waals surface area contributed by atoms with Crippen LogP contribution in [0.25, 0.3) is 0 Å². The molecule has 0 aromatic carbocycles. The Morgan fingerprint density at radius 3 is 2.41 bits per heavy atom. The van der Waals surface area contributed by atoms with E-state index in [1.807, 2.05) is 0 Å². The molecule has 2 aromatic rings. The van der Waals surface area contributed by atoms with Crippen LogP contribution in [0.1, 0.15) is 26.4 Å². The summed E-state index contributed by atoms with van der Waals surface area (Å²) in [6.07, 6.45) is 4.55. The topological polar surface area (TPSA) is 72.2 Å². The number of rotatable bonds is 3. The maximum atomic E-state index is 12.0. The van der Waals surface area contributed by atoms with Gasteiger partial charge in [-0.3, -0.25) is 9.78 Å². The molecule has 0 unspecified atom stereocenters. The average molecular weight is 230 g/mol. The quantitative estimate of drug-likeness (QED) is 0.808. The van der Waals surface area contributed by atoms with Crippen molar-refractivity contribution in [2.45, 2.75) is 0 Å². The Bertz CT molecular complexity index is 573. The van der Waals surface area contributed by atoms with Gasteiger partial charge >= 0.3 is 5.97 Å². The summed E-state index contributed by atoms with van der Waals surface area (Å²) in [5, 5.41) is 8.89. The number of ketones is 1. The number of pyridine rings is 1. The number of carboxylic acid groups (broad SMARTS) is 1. The van der Waals surface area contributed by atoms with Gasteiger partial charge in [-0.15, -0.1) is 0 Å². The number of hydrogen-bond donors (Lipinski definition) is 1. The highest BCUT2D eigenvalue weighted by molar-refractivity contribution is 6.09. The van der Waals surface area contributed by atoms with Crippen molar-refractivity contribution in [3.63, 3.8) is 0 Å². The van der Waals surface area contributed by atoms with Crippen LogP contribution < -0.4 is 0 Å². The van der Waals surface area contributed by atoms with E-state index in [-0.39, 0.29) is 11.5 Å². The molecule has 1 N–H and O–H groups in total. The van der Waals surface area contributed by atoms with E-state index in [0.29, 0.717) is 11.1 Å². The van der Waals surface area contributed by atoms with Gasteiger partial charge in [0, 0.05) is 36.8 Å². The molecule has 0 aliphatic carbocycles.